The fourth-order valence-corrected chi connectivity index (χ4v) is 4.75. The van der Waals surface area contributed by atoms with Gasteiger partial charge in [-0.1, -0.05) is 42.5 Å². The Morgan fingerprint density at radius 1 is 1.06 bits per heavy atom. The summed E-state index contributed by atoms with van der Waals surface area (Å²) in [7, 11) is 0. The lowest BCUT2D eigenvalue weighted by Crippen LogP contribution is -2.54. The standard InChI is InChI=1S/C28H36N4O4/c1-4-36-23(33)18-19-14-16-32(17-15-19)27(35)24(20-8-6-5-7-9-20)28(2,3)31-26(34)22-12-10-21(11-13-22)25(29)30/h5-13,19,24H,4,14-18H2,1-3H3,(H3,29,30)(H,31,34). The van der Waals surface area contributed by atoms with Gasteiger partial charge in [0.2, 0.25) is 5.91 Å². The molecule has 1 heterocycles. The maximum Gasteiger partial charge on any atom is 0.306 e. The van der Waals surface area contributed by atoms with Crippen LogP contribution in [0.5, 0.6) is 0 Å². The number of benzene rings is 2. The minimum Gasteiger partial charge on any atom is -0.466 e. The number of ether oxygens (including phenoxy) is 1. The summed E-state index contributed by atoms with van der Waals surface area (Å²) in [6, 6.07) is 16.0. The summed E-state index contributed by atoms with van der Waals surface area (Å²) < 4.78 is 5.07. The number of rotatable bonds is 9. The van der Waals surface area contributed by atoms with Gasteiger partial charge in [0, 0.05) is 30.6 Å². The monoisotopic (exact) mass is 492 g/mol. The topological polar surface area (TPSA) is 126 Å². The first-order chi connectivity index (χ1) is 17.1. The van der Waals surface area contributed by atoms with E-state index in [1.165, 1.54) is 0 Å². The van der Waals surface area contributed by atoms with Gasteiger partial charge in [0.1, 0.15) is 5.84 Å². The van der Waals surface area contributed by atoms with Crippen molar-refractivity contribution in [3.63, 3.8) is 0 Å². The molecule has 1 saturated heterocycles. The van der Waals surface area contributed by atoms with Crippen LogP contribution in [0.25, 0.3) is 0 Å². The highest BCUT2D eigenvalue weighted by atomic mass is 16.5. The van der Waals surface area contributed by atoms with Gasteiger partial charge in [-0.3, -0.25) is 19.8 Å². The second-order valence-electron chi connectivity index (χ2n) is 9.79. The number of likely N-dealkylation sites (tertiary alicyclic amines) is 1. The number of esters is 1. The number of hydrogen-bond acceptors (Lipinski definition) is 5. The molecule has 1 fully saturated rings. The number of amides is 2. The zero-order valence-corrected chi connectivity index (χ0v) is 21.3. The molecule has 0 aromatic heterocycles. The van der Waals surface area contributed by atoms with E-state index >= 15 is 0 Å². The molecule has 8 nitrogen and oxygen atoms in total. The van der Waals surface area contributed by atoms with Crippen LogP contribution in [-0.4, -0.2) is 53.8 Å². The average molecular weight is 493 g/mol. The highest BCUT2D eigenvalue weighted by molar-refractivity contribution is 5.99. The average Bonchev–Trinajstić information content (AvgIpc) is 2.85. The van der Waals surface area contributed by atoms with Crippen LogP contribution in [0.15, 0.2) is 54.6 Å². The summed E-state index contributed by atoms with van der Waals surface area (Å²) in [4.78, 5) is 40.7. The zero-order chi connectivity index (χ0) is 26.3. The summed E-state index contributed by atoms with van der Waals surface area (Å²) >= 11 is 0. The molecule has 2 amide bonds. The SMILES string of the molecule is CCOC(=O)CC1CCN(C(=O)C(c2ccccc2)C(C)(C)NC(=O)c2ccc(C(=N)N)cc2)CC1. The van der Waals surface area contributed by atoms with Gasteiger partial charge < -0.3 is 20.7 Å². The zero-order valence-electron chi connectivity index (χ0n) is 21.3. The van der Waals surface area contributed by atoms with Crippen molar-refractivity contribution >= 4 is 23.6 Å². The molecular formula is C28H36N4O4. The number of amidine groups is 1. The molecular weight excluding hydrogens is 456 g/mol. The van der Waals surface area contributed by atoms with E-state index in [0.29, 0.717) is 37.2 Å². The van der Waals surface area contributed by atoms with Crippen LogP contribution in [0.3, 0.4) is 0 Å². The predicted molar refractivity (Wildman–Crippen MR) is 139 cm³/mol. The van der Waals surface area contributed by atoms with Crippen LogP contribution in [-0.2, 0) is 14.3 Å². The van der Waals surface area contributed by atoms with E-state index in [1.807, 2.05) is 49.1 Å². The number of nitrogens with zero attached hydrogens (tertiary/aromatic N) is 1. The van der Waals surface area contributed by atoms with Crippen LogP contribution in [0.1, 0.15) is 67.4 Å². The Morgan fingerprint density at radius 2 is 1.64 bits per heavy atom. The van der Waals surface area contributed by atoms with Crippen LogP contribution >= 0.6 is 0 Å². The number of nitrogens with two attached hydrogens (primary N) is 1. The first kappa shape index (κ1) is 26.9. The number of piperidine rings is 1. The van der Waals surface area contributed by atoms with Gasteiger partial charge in [-0.25, -0.2) is 0 Å². The molecule has 36 heavy (non-hydrogen) atoms. The van der Waals surface area contributed by atoms with Crippen molar-refractivity contribution in [3.8, 4) is 0 Å². The van der Waals surface area contributed by atoms with Crippen molar-refractivity contribution in [3.05, 3.63) is 71.3 Å². The third-order valence-electron chi connectivity index (χ3n) is 6.68. The fraction of sp³-hybridized carbons (Fsp3) is 0.429. The third kappa shape index (κ3) is 6.71. The second kappa shape index (κ2) is 11.8. The van der Waals surface area contributed by atoms with Crippen molar-refractivity contribution in [1.29, 1.82) is 5.41 Å². The second-order valence-corrected chi connectivity index (χ2v) is 9.79. The highest BCUT2D eigenvalue weighted by Crippen LogP contribution is 2.33. The molecule has 0 saturated carbocycles. The van der Waals surface area contributed by atoms with Gasteiger partial charge in [-0.05, 0) is 57.2 Å². The Bertz CT molecular complexity index is 1070. The molecule has 0 aliphatic carbocycles. The van der Waals surface area contributed by atoms with Crippen LogP contribution in [0, 0.1) is 11.3 Å². The minimum atomic E-state index is -0.892. The molecule has 1 aliphatic heterocycles. The first-order valence-electron chi connectivity index (χ1n) is 12.4. The molecule has 3 rings (SSSR count). The molecule has 0 radical (unpaired) electrons. The Balaban J connectivity index is 1.76. The van der Waals surface area contributed by atoms with E-state index in [9.17, 15) is 14.4 Å². The maximum absolute atomic E-state index is 13.9. The van der Waals surface area contributed by atoms with E-state index in [1.54, 1.807) is 31.2 Å². The van der Waals surface area contributed by atoms with Gasteiger partial charge in [-0.15, -0.1) is 0 Å². The van der Waals surface area contributed by atoms with Gasteiger partial charge in [0.15, 0.2) is 0 Å². The summed E-state index contributed by atoms with van der Waals surface area (Å²) in [5.41, 5.74) is 6.41. The normalized spacial score (nSPS) is 15.1. The Morgan fingerprint density at radius 3 is 2.19 bits per heavy atom. The van der Waals surface area contributed by atoms with Crippen molar-refractivity contribution < 1.29 is 19.1 Å². The summed E-state index contributed by atoms with van der Waals surface area (Å²) in [6.45, 7) is 7.00. The molecule has 4 N–H and O–H groups in total. The van der Waals surface area contributed by atoms with Gasteiger partial charge in [0.05, 0.1) is 18.1 Å². The van der Waals surface area contributed by atoms with Crippen molar-refractivity contribution in [2.75, 3.05) is 19.7 Å². The lowest BCUT2D eigenvalue weighted by atomic mass is 9.79. The number of carbonyl (C=O) groups excluding carboxylic acids is 3. The van der Waals surface area contributed by atoms with E-state index in [0.717, 1.165) is 18.4 Å². The summed E-state index contributed by atoms with van der Waals surface area (Å²) in [5.74, 6) is -1.01. The molecule has 1 atom stereocenters. The molecule has 192 valence electrons. The van der Waals surface area contributed by atoms with E-state index in [2.05, 4.69) is 5.32 Å². The predicted octanol–water partition coefficient (Wildman–Crippen LogP) is 3.45. The van der Waals surface area contributed by atoms with Gasteiger partial charge in [0.25, 0.3) is 5.91 Å². The number of carbonyl (C=O) groups is 3. The molecule has 0 spiro atoms. The van der Waals surface area contributed by atoms with Gasteiger partial charge >= 0.3 is 5.97 Å². The molecule has 1 unspecified atom stereocenters. The summed E-state index contributed by atoms with van der Waals surface area (Å²) in [6.07, 6.45) is 1.85. The van der Waals surface area contributed by atoms with Crippen molar-refractivity contribution in [1.82, 2.24) is 10.2 Å². The summed E-state index contributed by atoms with van der Waals surface area (Å²) in [5, 5.41) is 10.6. The van der Waals surface area contributed by atoms with Crippen molar-refractivity contribution in [2.45, 2.75) is 51.5 Å². The largest absolute Gasteiger partial charge is 0.466 e. The Kier molecular flexibility index (Phi) is 8.85. The van der Waals surface area contributed by atoms with E-state index < -0.39 is 11.5 Å². The number of hydrogen-bond donors (Lipinski definition) is 3. The smallest absolute Gasteiger partial charge is 0.306 e. The lowest BCUT2D eigenvalue weighted by molar-refractivity contribution is -0.144. The van der Waals surface area contributed by atoms with E-state index in [-0.39, 0.29) is 29.5 Å². The molecule has 8 heteroatoms. The quantitative estimate of drug-likeness (QED) is 0.281. The lowest BCUT2D eigenvalue weighted by Gasteiger charge is -2.40. The maximum atomic E-state index is 13.9. The van der Waals surface area contributed by atoms with Crippen LogP contribution in [0.2, 0.25) is 0 Å². The number of nitrogens with one attached hydrogen (secondary N) is 2. The van der Waals surface area contributed by atoms with Gasteiger partial charge in [-0.2, -0.15) is 0 Å². The Labute approximate surface area is 212 Å². The van der Waals surface area contributed by atoms with Crippen molar-refractivity contribution in [2.24, 2.45) is 11.7 Å². The fourth-order valence-electron chi connectivity index (χ4n) is 4.75. The molecule has 2 aromatic rings. The van der Waals surface area contributed by atoms with Crippen LogP contribution in [0.4, 0.5) is 0 Å². The number of nitrogen functional groups attached to an aromatic ring is 1. The first-order valence-corrected chi connectivity index (χ1v) is 12.4. The minimum absolute atomic E-state index is 0.0481. The molecule has 2 aromatic carbocycles. The Hall–Kier alpha value is -3.68. The third-order valence-corrected chi connectivity index (χ3v) is 6.68. The highest BCUT2D eigenvalue weighted by Gasteiger charge is 2.41. The van der Waals surface area contributed by atoms with E-state index in [4.69, 9.17) is 15.9 Å². The molecule has 0 bridgehead atoms. The molecule has 1 aliphatic rings. The van der Waals surface area contributed by atoms with Crippen LogP contribution < -0.4 is 11.1 Å².